The van der Waals surface area contributed by atoms with E-state index in [1.54, 1.807) is 17.3 Å². The fourth-order valence-electron chi connectivity index (χ4n) is 4.38. The molecule has 1 amide bonds. The number of likely N-dealkylation sites (tertiary alicyclic amines) is 1. The van der Waals surface area contributed by atoms with Crippen LogP contribution in [0.15, 0.2) is 29.6 Å². The van der Waals surface area contributed by atoms with Crippen molar-refractivity contribution in [3.63, 3.8) is 0 Å². The molecule has 34 heavy (non-hydrogen) atoms. The molecule has 0 spiro atoms. The average molecular weight is 522 g/mol. The summed E-state index contributed by atoms with van der Waals surface area (Å²) in [7, 11) is 2.66. The molecule has 1 unspecified atom stereocenters. The minimum absolute atomic E-state index is 0.0401. The number of thiocarbonyl (C=S) groups is 1. The van der Waals surface area contributed by atoms with Crippen molar-refractivity contribution in [1.29, 1.82) is 0 Å². The van der Waals surface area contributed by atoms with E-state index in [0.29, 0.717) is 18.0 Å². The molecule has 1 aromatic heterocycles. The second-order valence-electron chi connectivity index (χ2n) is 9.18. The molecule has 1 aromatic carbocycles. The van der Waals surface area contributed by atoms with E-state index < -0.39 is 9.84 Å². The Morgan fingerprint density at radius 3 is 2.41 bits per heavy atom. The van der Waals surface area contributed by atoms with E-state index in [0.717, 1.165) is 47.4 Å². The number of piperidine rings is 1. The topological polar surface area (TPSA) is 85.8 Å². The van der Waals surface area contributed by atoms with Gasteiger partial charge in [-0.2, -0.15) is 0 Å². The van der Waals surface area contributed by atoms with Gasteiger partial charge in [-0.3, -0.25) is 4.79 Å². The van der Waals surface area contributed by atoms with Crippen LogP contribution < -0.4 is 10.2 Å². The van der Waals surface area contributed by atoms with Crippen molar-refractivity contribution in [3.8, 4) is 0 Å². The van der Waals surface area contributed by atoms with Crippen LogP contribution >= 0.6 is 23.6 Å². The molecule has 0 radical (unpaired) electrons. The van der Waals surface area contributed by atoms with Crippen molar-refractivity contribution >= 4 is 55.8 Å². The lowest BCUT2D eigenvalue weighted by Gasteiger charge is -2.33. The van der Waals surface area contributed by atoms with Crippen molar-refractivity contribution in [2.75, 3.05) is 56.0 Å². The number of nitrogens with one attached hydrogen (secondary N) is 1. The summed E-state index contributed by atoms with van der Waals surface area (Å²) in [4.78, 5) is 23.3. The highest BCUT2D eigenvalue weighted by Gasteiger charge is 2.34. The third-order valence-electron chi connectivity index (χ3n) is 6.58. The number of thiazole rings is 1. The van der Waals surface area contributed by atoms with Gasteiger partial charge in [0.2, 0.25) is 0 Å². The molecule has 2 aromatic rings. The molecule has 4 rings (SSSR count). The van der Waals surface area contributed by atoms with Crippen LogP contribution in [0.5, 0.6) is 0 Å². The quantitative estimate of drug-likeness (QED) is 0.601. The van der Waals surface area contributed by atoms with E-state index in [9.17, 15) is 13.2 Å². The van der Waals surface area contributed by atoms with Crippen LogP contribution in [0, 0.1) is 0 Å². The Bertz CT molecular complexity index is 1140. The van der Waals surface area contributed by atoms with E-state index >= 15 is 0 Å². The highest BCUT2D eigenvalue weighted by molar-refractivity contribution is 7.91. The van der Waals surface area contributed by atoms with Gasteiger partial charge in [0.15, 0.2) is 14.9 Å². The summed E-state index contributed by atoms with van der Waals surface area (Å²) >= 11 is 7.14. The highest BCUT2D eigenvalue weighted by Crippen LogP contribution is 2.31. The number of benzene rings is 1. The first kappa shape index (κ1) is 24.9. The lowest BCUT2D eigenvalue weighted by molar-refractivity contribution is 0.0742. The van der Waals surface area contributed by atoms with E-state index in [-0.39, 0.29) is 23.5 Å². The first-order valence-corrected chi connectivity index (χ1v) is 14.5. The molecule has 0 bridgehead atoms. The van der Waals surface area contributed by atoms with E-state index in [1.165, 1.54) is 11.3 Å². The number of nitrogens with zero attached hydrogens (tertiary/aromatic N) is 4. The Morgan fingerprint density at radius 1 is 1.15 bits per heavy atom. The van der Waals surface area contributed by atoms with Crippen LogP contribution in [0.4, 0.5) is 11.4 Å². The lowest BCUT2D eigenvalue weighted by Crippen LogP contribution is -2.40. The van der Waals surface area contributed by atoms with Gasteiger partial charge >= 0.3 is 0 Å². The molecular formula is C23H31N5O3S3. The highest BCUT2D eigenvalue weighted by atomic mass is 32.2. The van der Waals surface area contributed by atoms with E-state index in [1.807, 2.05) is 26.2 Å². The van der Waals surface area contributed by atoms with Gasteiger partial charge in [-0.1, -0.05) is 0 Å². The largest absolute Gasteiger partial charge is 0.378 e. The predicted molar refractivity (Wildman–Crippen MR) is 142 cm³/mol. The summed E-state index contributed by atoms with van der Waals surface area (Å²) < 4.78 is 23.5. The summed E-state index contributed by atoms with van der Waals surface area (Å²) in [5.41, 5.74) is 2.52. The number of aromatic nitrogens is 1. The number of rotatable bonds is 5. The molecular weight excluding hydrogens is 490 g/mol. The summed E-state index contributed by atoms with van der Waals surface area (Å²) in [6.45, 7) is 1.66. The number of anilines is 2. The fourth-order valence-corrected chi connectivity index (χ4v) is 7.42. The molecule has 0 saturated carbocycles. The normalized spacial score (nSPS) is 20.2. The Kier molecular flexibility index (Phi) is 7.44. The van der Waals surface area contributed by atoms with Crippen LogP contribution in [-0.4, -0.2) is 86.0 Å². The van der Waals surface area contributed by atoms with Gasteiger partial charge in [-0.15, -0.1) is 11.3 Å². The number of amides is 1. The zero-order valence-electron chi connectivity index (χ0n) is 19.7. The third kappa shape index (κ3) is 5.69. The summed E-state index contributed by atoms with van der Waals surface area (Å²) in [6.07, 6.45) is 2.33. The Balaban J connectivity index is 1.29. The van der Waals surface area contributed by atoms with Crippen molar-refractivity contribution in [3.05, 3.63) is 40.3 Å². The molecule has 2 saturated heterocycles. The first-order valence-electron chi connectivity index (χ1n) is 11.4. The first-order chi connectivity index (χ1) is 16.1. The number of carbonyl (C=O) groups is 1. The zero-order chi connectivity index (χ0) is 24.5. The van der Waals surface area contributed by atoms with Gasteiger partial charge in [0.1, 0.15) is 5.69 Å². The monoisotopic (exact) mass is 521 g/mol. The van der Waals surface area contributed by atoms with Crippen LogP contribution in [0.1, 0.15) is 40.7 Å². The minimum Gasteiger partial charge on any atom is -0.378 e. The number of carbonyl (C=O) groups excluding carboxylic acids is 1. The molecule has 2 aliphatic heterocycles. The maximum absolute atomic E-state index is 12.9. The molecule has 2 aliphatic rings. The van der Waals surface area contributed by atoms with Gasteiger partial charge < -0.3 is 20.0 Å². The maximum Gasteiger partial charge on any atom is 0.273 e. The van der Waals surface area contributed by atoms with Gasteiger partial charge in [0.05, 0.1) is 16.5 Å². The predicted octanol–water partition coefficient (Wildman–Crippen LogP) is 3.04. The van der Waals surface area contributed by atoms with E-state index in [2.05, 4.69) is 32.2 Å². The second-order valence-corrected chi connectivity index (χ2v) is 12.7. The van der Waals surface area contributed by atoms with Crippen LogP contribution in [0.25, 0.3) is 0 Å². The Labute approximate surface area is 210 Å². The number of hydrogen-bond donors (Lipinski definition) is 1. The van der Waals surface area contributed by atoms with Crippen molar-refractivity contribution in [2.24, 2.45) is 0 Å². The Morgan fingerprint density at radius 2 is 1.82 bits per heavy atom. The van der Waals surface area contributed by atoms with Gasteiger partial charge in [-0.25, -0.2) is 13.4 Å². The number of hydrogen-bond acceptors (Lipinski definition) is 7. The molecule has 1 atom stereocenters. The SMILES string of the molecule is CN(C)c1ccc(NC(=S)N2CCC(c3nc(C(=O)N(C)C4CCS(=O)(=O)C4)cs3)CC2)cc1. The number of sulfone groups is 1. The van der Waals surface area contributed by atoms with Crippen molar-refractivity contribution in [1.82, 2.24) is 14.8 Å². The summed E-state index contributed by atoms with van der Waals surface area (Å²) in [6, 6.07) is 7.91. The van der Waals surface area contributed by atoms with Crippen LogP contribution in [0.2, 0.25) is 0 Å². The summed E-state index contributed by atoms with van der Waals surface area (Å²) in [5, 5.41) is 6.82. The third-order valence-corrected chi connectivity index (χ3v) is 9.70. The lowest BCUT2D eigenvalue weighted by atomic mass is 9.98. The molecule has 8 nitrogen and oxygen atoms in total. The van der Waals surface area contributed by atoms with Gasteiger partial charge in [-0.05, 0) is 55.7 Å². The maximum atomic E-state index is 12.9. The van der Waals surface area contributed by atoms with Gasteiger partial charge in [0, 0.05) is 62.9 Å². The molecule has 1 N–H and O–H groups in total. The molecule has 3 heterocycles. The molecule has 2 fully saturated rings. The standard InChI is InChI=1S/C23H31N5O3S3/c1-26(2)18-6-4-17(5-7-18)24-23(32)28-11-8-16(9-12-28)21-25-20(14-33-21)22(29)27(3)19-10-13-34(30,31)15-19/h4-7,14,16,19H,8-13,15H2,1-3H3,(H,24,32). The molecule has 0 aliphatic carbocycles. The zero-order valence-corrected chi connectivity index (χ0v) is 22.2. The van der Waals surface area contributed by atoms with Crippen molar-refractivity contribution in [2.45, 2.75) is 31.2 Å². The molecule has 184 valence electrons. The average Bonchev–Trinajstić information content (AvgIpc) is 3.45. The summed E-state index contributed by atoms with van der Waals surface area (Å²) in [5.74, 6) is 0.280. The minimum atomic E-state index is -3.04. The van der Waals surface area contributed by atoms with Crippen molar-refractivity contribution < 1.29 is 13.2 Å². The molecule has 11 heteroatoms. The van der Waals surface area contributed by atoms with Crippen LogP contribution in [-0.2, 0) is 9.84 Å². The van der Waals surface area contributed by atoms with Crippen LogP contribution in [0.3, 0.4) is 0 Å². The fraction of sp³-hybridized carbons (Fsp3) is 0.522. The van der Waals surface area contributed by atoms with Gasteiger partial charge in [0.25, 0.3) is 5.91 Å². The van der Waals surface area contributed by atoms with E-state index in [4.69, 9.17) is 12.2 Å². The smallest absolute Gasteiger partial charge is 0.273 e. The second kappa shape index (κ2) is 10.2. The Hall–Kier alpha value is -2.24.